The molecule has 2 rings (SSSR count). The fourth-order valence-corrected chi connectivity index (χ4v) is 2.45. The van der Waals surface area contributed by atoms with E-state index < -0.39 is 0 Å². The van der Waals surface area contributed by atoms with Crippen LogP contribution in [0.3, 0.4) is 0 Å². The van der Waals surface area contributed by atoms with E-state index in [0.29, 0.717) is 13.1 Å². The van der Waals surface area contributed by atoms with Crippen molar-refractivity contribution in [2.75, 3.05) is 33.3 Å². The van der Waals surface area contributed by atoms with Gasteiger partial charge in [0.05, 0.1) is 18.6 Å². The molecular formula is C12H22ClN3O3. The van der Waals surface area contributed by atoms with E-state index in [9.17, 15) is 9.59 Å². The van der Waals surface area contributed by atoms with Gasteiger partial charge in [0.2, 0.25) is 11.8 Å². The highest BCUT2D eigenvalue weighted by Crippen LogP contribution is 2.15. The third-order valence-electron chi connectivity index (χ3n) is 3.50. The van der Waals surface area contributed by atoms with Crippen molar-refractivity contribution in [2.45, 2.75) is 31.4 Å². The van der Waals surface area contributed by atoms with Crippen LogP contribution in [-0.2, 0) is 14.3 Å². The number of nitrogens with one attached hydrogen (secondary N) is 2. The molecule has 2 aliphatic heterocycles. The van der Waals surface area contributed by atoms with Gasteiger partial charge in [0.15, 0.2) is 0 Å². The van der Waals surface area contributed by atoms with Gasteiger partial charge >= 0.3 is 0 Å². The summed E-state index contributed by atoms with van der Waals surface area (Å²) in [6, 6.07) is -0.389. The van der Waals surface area contributed by atoms with E-state index in [1.165, 1.54) is 0 Å². The zero-order valence-corrected chi connectivity index (χ0v) is 12.0. The Balaban J connectivity index is 0.00000180. The van der Waals surface area contributed by atoms with Crippen LogP contribution in [0, 0.1) is 0 Å². The Bertz CT molecular complexity index is 321. The molecule has 110 valence electrons. The lowest BCUT2D eigenvalue weighted by atomic mass is 10.1. The molecule has 2 atom stereocenters. The molecule has 2 heterocycles. The van der Waals surface area contributed by atoms with E-state index in [0.717, 1.165) is 26.0 Å². The third kappa shape index (κ3) is 4.33. The first kappa shape index (κ1) is 16.2. The Morgan fingerprint density at radius 1 is 1.58 bits per heavy atom. The lowest BCUT2D eigenvalue weighted by molar-refractivity contribution is -0.139. The second kappa shape index (κ2) is 7.67. The van der Waals surface area contributed by atoms with Gasteiger partial charge in [-0.25, -0.2) is 0 Å². The molecule has 0 bridgehead atoms. The van der Waals surface area contributed by atoms with Crippen molar-refractivity contribution >= 4 is 24.2 Å². The SMILES string of the molecule is CNC(=O)CC1NCCN(CC2CCCO2)C1=O.Cl. The van der Waals surface area contributed by atoms with Crippen LogP contribution in [0.4, 0.5) is 0 Å². The van der Waals surface area contributed by atoms with E-state index >= 15 is 0 Å². The van der Waals surface area contributed by atoms with Crippen LogP contribution in [0.1, 0.15) is 19.3 Å². The van der Waals surface area contributed by atoms with Crippen molar-refractivity contribution in [1.29, 1.82) is 0 Å². The lowest BCUT2D eigenvalue weighted by Gasteiger charge is -2.34. The normalized spacial score (nSPS) is 27.0. The monoisotopic (exact) mass is 291 g/mol. The molecule has 0 spiro atoms. The molecule has 0 saturated carbocycles. The Labute approximate surface area is 119 Å². The van der Waals surface area contributed by atoms with Gasteiger partial charge in [-0.1, -0.05) is 0 Å². The number of hydrogen-bond acceptors (Lipinski definition) is 4. The average molecular weight is 292 g/mol. The number of carbonyl (C=O) groups is 2. The van der Waals surface area contributed by atoms with Crippen LogP contribution in [0.5, 0.6) is 0 Å². The summed E-state index contributed by atoms with van der Waals surface area (Å²) in [7, 11) is 1.58. The number of ether oxygens (including phenoxy) is 1. The van der Waals surface area contributed by atoms with Crippen LogP contribution in [0.15, 0.2) is 0 Å². The van der Waals surface area contributed by atoms with Crippen molar-refractivity contribution in [3.8, 4) is 0 Å². The molecule has 2 fully saturated rings. The second-order valence-corrected chi connectivity index (χ2v) is 4.80. The van der Waals surface area contributed by atoms with Crippen LogP contribution in [0.2, 0.25) is 0 Å². The summed E-state index contributed by atoms with van der Waals surface area (Å²) in [6.07, 6.45) is 2.48. The highest BCUT2D eigenvalue weighted by Gasteiger charge is 2.31. The number of nitrogens with zero attached hydrogens (tertiary/aromatic N) is 1. The maximum atomic E-state index is 12.2. The summed E-state index contributed by atoms with van der Waals surface area (Å²) in [6.45, 7) is 2.89. The summed E-state index contributed by atoms with van der Waals surface area (Å²) >= 11 is 0. The first-order valence-corrected chi connectivity index (χ1v) is 6.55. The quantitative estimate of drug-likeness (QED) is 0.734. The second-order valence-electron chi connectivity index (χ2n) is 4.80. The molecule has 0 aromatic carbocycles. The van der Waals surface area contributed by atoms with Gasteiger partial charge in [-0.15, -0.1) is 12.4 Å². The van der Waals surface area contributed by atoms with Crippen molar-refractivity contribution in [3.63, 3.8) is 0 Å². The highest BCUT2D eigenvalue weighted by molar-refractivity contribution is 5.88. The number of amides is 2. The van der Waals surface area contributed by atoms with E-state index in [2.05, 4.69) is 10.6 Å². The van der Waals surface area contributed by atoms with Crippen LogP contribution in [0.25, 0.3) is 0 Å². The van der Waals surface area contributed by atoms with Crippen molar-refractivity contribution < 1.29 is 14.3 Å². The maximum Gasteiger partial charge on any atom is 0.240 e. The Morgan fingerprint density at radius 2 is 2.37 bits per heavy atom. The van der Waals surface area contributed by atoms with E-state index in [1.54, 1.807) is 7.05 Å². The first-order chi connectivity index (χ1) is 8.70. The Kier molecular flexibility index (Phi) is 6.54. The number of carbonyl (C=O) groups excluding carboxylic acids is 2. The largest absolute Gasteiger partial charge is 0.376 e. The summed E-state index contributed by atoms with van der Waals surface area (Å²) in [5.41, 5.74) is 0. The number of piperazine rings is 1. The smallest absolute Gasteiger partial charge is 0.240 e. The molecular weight excluding hydrogens is 270 g/mol. The topological polar surface area (TPSA) is 70.7 Å². The van der Waals surface area contributed by atoms with Gasteiger partial charge in [-0.05, 0) is 12.8 Å². The predicted molar refractivity (Wildman–Crippen MR) is 73.3 cm³/mol. The summed E-state index contributed by atoms with van der Waals surface area (Å²) < 4.78 is 5.55. The molecule has 0 aromatic rings. The van der Waals surface area contributed by atoms with Gasteiger partial charge in [-0.2, -0.15) is 0 Å². The number of rotatable bonds is 4. The van der Waals surface area contributed by atoms with E-state index in [-0.39, 0.29) is 42.8 Å². The number of hydrogen-bond donors (Lipinski definition) is 2. The molecule has 0 aliphatic carbocycles. The fourth-order valence-electron chi connectivity index (χ4n) is 2.45. The number of halogens is 1. The van der Waals surface area contributed by atoms with Gasteiger partial charge in [0, 0.05) is 33.3 Å². The molecule has 6 nitrogen and oxygen atoms in total. The van der Waals surface area contributed by atoms with Crippen molar-refractivity contribution in [1.82, 2.24) is 15.5 Å². The maximum absolute atomic E-state index is 12.2. The van der Waals surface area contributed by atoms with E-state index in [4.69, 9.17) is 4.74 Å². The lowest BCUT2D eigenvalue weighted by Crippen LogP contribution is -2.57. The standard InChI is InChI=1S/C12H21N3O3.ClH/c1-13-11(16)7-10-12(17)15(5-4-14-10)8-9-3-2-6-18-9;/h9-10,14H,2-8H2,1H3,(H,13,16);1H. The van der Waals surface area contributed by atoms with Crippen molar-refractivity contribution in [3.05, 3.63) is 0 Å². The van der Waals surface area contributed by atoms with Crippen molar-refractivity contribution in [2.24, 2.45) is 0 Å². The van der Waals surface area contributed by atoms with Gasteiger partial charge in [0.25, 0.3) is 0 Å². The van der Waals surface area contributed by atoms with E-state index in [1.807, 2.05) is 4.90 Å². The summed E-state index contributed by atoms with van der Waals surface area (Å²) in [4.78, 5) is 25.3. The first-order valence-electron chi connectivity index (χ1n) is 6.55. The zero-order chi connectivity index (χ0) is 13.0. The van der Waals surface area contributed by atoms with Gasteiger partial charge in [-0.3, -0.25) is 9.59 Å². The van der Waals surface area contributed by atoms with Gasteiger partial charge in [0.1, 0.15) is 0 Å². The van der Waals surface area contributed by atoms with Crippen LogP contribution >= 0.6 is 12.4 Å². The molecule has 2 amide bonds. The molecule has 2 aliphatic rings. The minimum absolute atomic E-state index is 0. The van der Waals surface area contributed by atoms with Gasteiger partial charge < -0.3 is 20.3 Å². The predicted octanol–water partition coefficient (Wildman–Crippen LogP) is -0.476. The molecule has 2 saturated heterocycles. The zero-order valence-electron chi connectivity index (χ0n) is 11.2. The molecule has 19 heavy (non-hydrogen) atoms. The third-order valence-corrected chi connectivity index (χ3v) is 3.50. The Hall–Kier alpha value is -0.850. The van der Waals surface area contributed by atoms with Crippen LogP contribution < -0.4 is 10.6 Å². The minimum Gasteiger partial charge on any atom is -0.376 e. The molecule has 0 radical (unpaired) electrons. The summed E-state index contributed by atoms with van der Waals surface area (Å²) in [5.74, 6) is -0.0971. The molecule has 2 unspecified atom stereocenters. The highest BCUT2D eigenvalue weighted by atomic mass is 35.5. The van der Waals surface area contributed by atoms with Crippen LogP contribution in [-0.4, -0.2) is 62.1 Å². The average Bonchev–Trinajstić information content (AvgIpc) is 2.87. The molecule has 7 heteroatoms. The minimum atomic E-state index is -0.389. The molecule has 0 aromatic heterocycles. The Morgan fingerprint density at radius 3 is 3.00 bits per heavy atom. The molecule has 2 N–H and O–H groups in total. The fraction of sp³-hybridized carbons (Fsp3) is 0.833. The summed E-state index contributed by atoms with van der Waals surface area (Å²) in [5, 5.41) is 5.64.